The summed E-state index contributed by atoms with van der Waals surface area (Å²) < 4.78 is 11.8. The number of aromatic nitrogens is 1. The van der Waals surface area contributed by atoms with E-state index in [2.05, 4.69) is 198 Å². The van der Waals surface area contributed by atoms with Gasteiger partial charge in [-0.25, -0.2) is 0 Å². The third-order valence-corrected chi connectivity index (χ3v) is 12.5. The van der Waals surface area contributed by atoms with Crippen LogP contribution in [0.25, 0.3) is 91.5 Å². The van der Waals surface area contributed by atoms with Crippen LogP contribution < -0.4 is 4.90 Å². The van der Waals surface area contributed by atoms with Gasteiger partial charge >= 0.3 is 0 Å². The Labute approximate surface area is 326 Å². The van der Waals surface area contributed by atoms with E-state index in [4.69, 9.17) is 4.42 Å². The molecule has 0 amide bonds. The third kappa shape index (κ3) is 4.63. The van der Waals surface area contributed by atoms with Gasteiger partial charge in [0.15, 0.2) is 0 Å². The second-order valence-corrected chi connectivity index (χ2v) is 15.6. The van der Waals surface area contributed by atoms with Gasteiger partial charge in [0.1, 0.15) is 11.2 Å². The minimum atomic E-state index is 0.891. The Hall–Kier alpha value is -7.14. The van der Waals surface area contributed by atoms with Crippen LogP contribution in [0.3, 0.4) is 0 Å². The summed E-state index contributed by atoms with van der Waals surface area (Å²) in [6.07, 6.45) is 0. The van der Waals surface area contributed by atoms with Crippen molar-refractivity contribution in [2.24, 2.45) is 0 Å². The lowest BCUT2D eigenvalue weighted by Gasteiger charge is -2.28. The summed E-state index contributed by atoms with van der Waals surface area (Å²) in [6, 6.07) is 70.2. The van der Waals surface area contributed by atoms with E-state index < -0.39 is 0 Å². The van der Waals surface area contributed by atoms with Gasteiger partial charge in [0.25, 0.3) is 0 Å². The van der Waals surface area contributed by atoms with E-state index in [1.54, 1.807) is 0 Å². The predicted octanol–water partition coefficient (Wildman–Crippen LogP) is 15.3. The van der Waals surface area contributed by atoms with Gasteiger partial charge in [0.2, 0.25) is 0 Å². The first-order chi connectivity index (χ1) is 27.8. The number of furan rings is 1. The van der Waals surface area contributed by atoms with Gasteiger partial charge in [-0.05, 0) is 77.5 Å². The molecule has 0 fully saturated rings. The number of hydrogen-bond donors (Lipinski definition) is 0. The van der Waals surface area contributed by atoms with Crippen LogP contribution in [0, 0.1) is 0 Å². The van der Waals surface area contributed by atoms with Crippen molar-refractivity contribution in [3.63, 3.8) is 0 Å². The second-order valence-electron chi connectivity index (χ2n) is 14.5. The number of fused-ring (bicyclic) bond motifs is 11. The lowest BCUT2D eigenvalue weighted by atomic mass is 9.97. The maximum Gasteiger partial charge on any atom is 0.143 e. The first kappa shape index (κ1) is 31.2. The van der Waals surface area contributed by atoms with Crippen LogP contribution in [0.15, 0.2) is 199 Å². The maximum absolute atomic E-state index is 6.73. The van der Waals surface area contributed by atoms with Crippen molar-refractivity contribution in [3.8, 4) is 16.8 Å². The van der Waals surface area contributed by atoms with Crippen LogP contribution in [0.2, 0.25) is 0 Å². The Morgan fingerprint density at radius 3 is 1.95 bits per heavy atom. The molecule has 0 bridgehead atoms. The second kappa shape index (κ2) is 12.2. The van der Waals surface area contributed by atoms with Crippen molar-refractivity contribution >= 4 is 103 Å². The van der Waals surface area contributed by atoms with Crippen LogP contribution in [0.1, 0.15) is 0 Å². The number of para-hydroxylation sites is 5. The van der Waals surface area contributed by atoms with Crippen molar-refractivity contribution in [1.82, 2.24) is 4.57 Å². The first-order valence-electron chi connectivity index (χ1n) is 19.0. The number of hydrogen-bond acceptors (Lipinski definition) is 3. The average molecular weight is 733 g/mol. The molecule has 9 aromatic carbocycles. The average Bonchev–Trinajstić information content (AvgIpc) is 3.93. The molecule has 0 unspecified atom stereocenters. The molecule has 3 heterocycles. The monoisotopic (exact) mass is 732 g/mol. The molecular formula is C52H32N2OS. The van der Waals surface area contributed by atoms with E-state index in [-0.39, 0.29) is 0 Å². The Morgan fingerprint density at radius 1 is 0.429 bits per heavy atom. The Morgan fingerprint density at radius 2 is 1.12 bits per heavy atom. The van der Waals surface area contributed by atoms with Gasteiger partial charge < -0.3 is 13.9 Å². The molecule has 0 radical (unpaired) electrons. The Bertz CT molecular complexity index is 3440. The van der Waals surface area contributed by atoms with Crippen LogP contribution in [0.5, 0.6) is 0 Å². The van der Waals surface area contributed by atoms with E-state index in [1.807, 2.05) is 17.4 Å². The van der Waals surface area contributed by atoms with E-state index >= 15 is 0 Å². The highest BCUT2D eigenvalue weighted by molar-refractivity contribution is 7.26. The number of anilines is 3. The molecule has 0 aliphatic carbocycles. The van der Waals surface area contributed by atoms with Crippen molar-refractivity contribution in [3.05, 3.63) is 194 Å². The molecule has 56 heavy (non-hydrogen) atoms. The molecule has 12 rings (SSSR count). The van der Waals surface area contributed by atoms with Gasteiger partial charge in [-0.2, -0.15) is 0 Å². The van der Waals surface area contributed by atoms with Crippen molar-refractivity contribution < 1.29 is 4.42 Å². The fourth-order valence-electron chi connectivity index (χ4n) is 8.90. The molecule has 12 aromatic rings. The lowest BCUT2D eigenvalue weighted by Crippen LogP contribution is -2.11. The molecule has 0 saturated heterocycles. The number of nitrogens with zero attached hydrogens (tertiary/aromatic N) is 2. The zero-order chi connectivity index (χ0) is 36.7. The predicted molar refractivity (Wildman–Crippen MR) is 239 cm³/mol. The van der Waals surface area contributed by atoms with Gasteiger partial charge in [-0.1, -0.05) is 127 Å². The highest BCUT2D eigenvalue weighted by Gasteiger charge is 2.24. The van der Waals surface area contributed by atoms with E-state index in [0.29, 0.717) is 0 Å². The molecule has 262 valence electrons. The highest BCUT2D eigenvalue weighted by atomic mass is 32.1. The molecular weight excluding hydrogens is 701 g/mol. The normalized spacial score (nSPS) is 11.9. The molecule has 0 aliphatic heterocycles. The molecule has 0 saturated carbocycles. The van der Waals surface area contributed by atoms with Crippen LogP contribution in [-0.2, 0) is 0 Å². The molecule has 0 atom stereocenters. The van der Waals surface area contributed by atoms with Gasteiger partial charge in [-0.15, -0.1) is 11.3 Å². The summed E-state index contributed by atoms with van der Waals surface area (Å²) in [5.74, 6) is 0. The minimum absolute atomic E-state index is 0.891. The van der Waals surface area contributed by atoms with Crippen LogP contribution >= 0.6 is 11.3 Å². The largest absolute Gasteiger partial charge is 0.455 e. The van der Waals surface area contributed by atoms with Crippen molar-refractivity contribution in [2.75, 3.05) is 4.90 Å². The maximum atomic E-state index is 6.73. The SMILES string of the molecule is c1ccc(N(c2ccccc2)c2cc3c(cc2-c2cccc4c2oc2ccccc24)c2ccccc2n3-c2ccc3c(c2)sc2ccc4ccccc4c23)cc1. The molecule has 0 N–H and O–H groups in total. The van der Waals surface area contributed by atoms with E-state index in [1.165, 1.54) is 47.2 Å². The summed E-state index contributed by atoms with van der Waals surface area (Å²) >= 11 is 1.87. The molecule has 3 aromatic heterocycles. The molecule has 0 aliphatic rings. The number of rotatable bonds is 5. The lowest BCUT2D eigenvalue weighted by molar-refractivity contribution is 0.670. The standard InChI is InChI=1S/C52H32N2OS/c1-3-15-34(16-4-1)53(35-17-5-2-6-18-35)46-32-47-43(31-44(46)41-23-13-22-40-39-21-10-12-25-48(39)55-52(40)41)38-20-9-11-24-45(38)54(47)36-27-28-42-50(30-36)56-49-29-26-33-14-7-8-19-37(33)51(42)49/h1-32H. The van der Waals surface area contributed by atoms with Crippen LogP contribution in [-0.4, -0.2) is 4.57 Å². The Kier molecular flexibility index (Phi) is 6.80. The summed E-state index contributed by atoms with van der Waals surface area (Å²) in [7, 11) is 0. The Balaban J connectivity index is 1.19. The van der Waals surface area contributed by atoms with Gasteiger partial charge in [-0.3, -0.25) is 0 Å². The quantitative estimate of drug-likeness (QED) is 0.176. The zero-order valence-electron chi connectivity index (χ0n) is 30.2. The van der Waals surface area contributed by atoms with Gasteiger partial charge in [0.05, 0.1) is 16.7 Å². The van der Waals surface area contributed by atoms with Crippen molar-refractivity contribution in [2.45, 2.75) is 0 Å². The first-order valence-corrected chi connectivity index (χ1v) is 19.8. The number of benzene rings is 9. The van der Waals surface area contributed by atoms with E-state index in [9.17, 15) is 0 Å². The van der Waals surface area contributed by atoms with E-state index in [0.717, 1.165) is 61.3 Å². The fraction of sp³-hybridized carbons (Fsp3) is 0. The zero-order valence-corrected chi connectivity index (χ0v) is 31.0. The third-order valence-electron chi connectivity index (χ3n) is 11.4. The molecule has 0 spiro atoms. The van der Waals surface area contributed by atoms with Crippen molar-refractivity contribution in [1.29, 1.82) is 0 Å². The summed E-state index contributed by atoms with van der Waals surface area (Å²) in [5.41, 5.74) is 10.6. The topological polar surface area (TPSA) is 21.3 Å². The summed E-state index contributed by atoms with van der Waals surface area (Å²) in [4.78, 5) is 2.39. The summed E-state index contributed by atoms with van der Waals surface area (Å²) in [6.45, 7) is 0. The summed E-state index contributed by atoms with van der Waals surface area (Å²) in [5, 5.41) is 9.85. The molecule has 4 heteroatoms. The van der Waals surface area contributed by atoms with Crippen LogP contribution in [0.4, 0.5) is 17.1 Å². The molecule has 3 nitrogen and oxygen atoms in total. The number of thiophene rings is 1. The smallest absolute Gasteiger partial charge is 0.143 e. The minimum Gasteiger partial charge on any atom is -0.455 e. The van der Waals surface area contributed by atoms with Gasteiger partial charge in [0, 0.05) is 69.9 Å². The fourth-order valence-corrected chi connectivity index (χ4v) is 10.1. The highest BCUT2D eigenvalue weighted by Crippen LogP contribution is 2.48.